The number of anilines is 1. The third kappa shape index (κ3) is 4.42. The number of ether oxygens (including phenoxy) is 1. The van der Waals surface area contributed by atoms with E-state index in [1.807, 2.05) is 24.3 Å². The molecule has 0 aliphatic carbocycles. The fourth-order valence-corrected chi connectivity index (χ4v) is 4.42. The number of para-hydroxylation sites is 1. The van der Waals surface area contributed by atoms with Gasteiger partial charge in [0.15, 0.2) is 0 Å². The van der Waals surface area contributed by atoms with E-state index in [0.717, 1.165) is 11.3 Å². The monoisotopic (exact) mass is 472 g/mol. The molecule has 2 aromatic heterocycles. The number of hydrogen-bond donors (Lipinski definition) is 2. The lowest BCUT2D eigenvalue weighted by Gasteiger charge is -2.15. The highest BCUT2D eigenvalue weighted by molar-refractivity contribution is 5.99. The maximum atomic E-state index is 13.1. The minimum Gasteiger partial charge on any atom is -0.497 e. The van der Waals surface area contributed by atoms with Crippen LogP contribution in [0.15, 0.2) is 68.2 Å². The van der Waals surface area contributed by atoms with Crippen LogP contribution in [-0.2, 0) is 22.4 Å². The molecule has 1 aliphatic heterocycles. The molecule has 178 valence electrons. The van der Waals surface area contributed by atoms with E-state index < -0.39 is 17.6 Å². The minimum atomic E-state index is -0.698. The summed E-state index contributed by atoms with van der Waals surface area (Å²) < 4.78 is 16.5. The van der Waals surface area contributed by atoms with Crippen molar-refractivity contribution < 1.29 is 23.2 Å². The molecule has 1 atom stereocenters. The number of benzene rings is 2. The molecule has 0 saturated carbocycles. The first-order chi connectivity index (χ1) is 16.9. The molecule has 35 heavy (non-hydrogen) atoms. The molecular weight excluding hydrogens is 448 g/mol. The van der Waals surface area contributed by atoms with Crippen LogP contribution < -0.4 is 21.0 Å². The second-order valence-electron chi connectivity index (χ2n) is 8.50. The first kappa shape index (κ1) is 22.5. The Hall–Kier alpha value is -4.33. The van der Waals surface area contributed by atoms with Gasteiger partial charge in [-0.1, -0.05) is 18.2 Å². The van der Waals surface area contributed by atoms with Gasteiger partial charge in [-0.25, -0.2) is 4.79 Å². The molecule has 0 saturated heterocycles. The zero-order valence-corrected chi connectivity index (χ0v) is 19.3. The number of hydrogen-bond acceptors (Lipinski definition) is 6. The Balaban J connectivity index is 1.45. The Morgan fingerprint density at radius 1 is 1.11 bits per heavy atom. The minimum absolute atomic E-state index is 0.154. The van der Waals surface area contributed by atoms with Crippen molar-refractivity contribution >= 4 is 28.5 Å². The summed E-state index contributed by atoms with van der Waals surface area (Å²) in [4.78, 5) is 38.6. The van der Waals surface area contributed by atoms with Crippen molar-refractivity contribution in [3.8, 4) is 17.1 Å². The fraction of sp³-hybridized carbons (Fsp3) is 0.222. The lowest BCUT2D eigenvalue weighted by Crippen LogP contribution is -2.43. The average Bonchev–Trinajstić information content (AvgIpc) is 3.11. The molecule has 3 heterocycles. The van der Waals surface area contributed by atoms with Gasteiger partial charge in [-0.05, 0) is 55.7 Å². The van der Waals surface area contributed by atoms with E-state index in [1.54, 1.807) is 44.4 Å². The number of nitrogens with one attached hydrogen (secondary N) is 2. The number of fused-ring (bicyclic) bond motifs is 2. The molecule has 4 aromatic rings. The molecule has 2 aromatic carbocycles. The molecule has 8 heteroatoms. The van der Waals surface area contributed by atoms with Crippen LogP contribution in [0.1, 0.15) is 23.3 Å². The van der Waals surface area contributed by atoms with Gasteiger partial charge in [0.1, 0.15) is 34.3 Å². The third-order valence-electron chi connectivity index (χ3n) is 6.15. The molecular formula is C27H24N2O6. The van der Waals surface area contributed by atoms with Gasteiger partial charge in [0, 0.05) is 22.9 Å². The number of carbonyl (C=O) groups is 2. The quantitative estimate of drug-likeness (QED) is 0.455. The van der Waals surface area contributed by atoms with E-state index in [1.165, 1.54) is 0 Å². The second kappa shape index (κ2) is 9.13. The zero-order valence-electron chi connectivity index (χ0n) is 19.3. The lowest BCUT2D eigenvalue weighted by molar-refractivity contribution is -0.126. The van der Waals surface area contributed by atoms with Crippen molar-refractivity contribution in [2.24, 2.45) is 0 Å². The van der Waals surface area contributed by atoms with Gasteiger partial charge in [-0.3, -0.25) is 9.59 Å². The first-order valence-corrected chi connectivity index (χ1v) is 11.3. The Morgan fingerprint density at radius 3 is 2.66 bits per heavy atom. The predicted octanol–water partition coefficient (Wildman–Crippen LogP) is 3.98. The number of methoxy groups -OCH3 is 1. The molecule has 5 rings (SSSR count). The highest BCUT2D eigenvalue weighted by atomic mass is 16.5. The maximum Gasteiger partial charge on any atom is 0.347 e. The molecule has 0 radical (unpaired) electrons. The SMILES string of the molecule is COc1ccc(-c2oc3cc(C)oc(=O)c3c2CC(=O)NC2CCc3ccccc3NC2=O)cc1. The Labute approximate surface area is 200 Å². The summed E-state index contributed by atoms with van der Waals surface area (Å²) in [6.07, 6.45) is 0.959. The summed E-state index contributed by atoms with van der Waals surface area (Å²) >= 11 is 0. The largest absolute Gasteiger partial charge is 0.497 e. The molecule has 1 aliphatic rings. The van der Waals surface area contributed by atoms with Gasteiger partial charge in [0.2, 0.25) is 11.8 Å². The smallest absolute Gasteiger partial charge is 0.347 e. The molecule has 0 spiro atoms. The van der Waals surface area contributed by atoms with Crippen LogP contribution in [0.25, 0.3) is 22.3 Å². The Morgan fingerprint density at radius 2 is 1.89 bits per heavy atom. The topological polar surface area (TPSA) is 111 Å². The van der Waals surface area contributed by atoms with Crippen molar-refractivity contribution in [1.82, 2.24) is 5.32 Å². The van der Waals surface area contributed by atoms with Crippen molar-refractivity contribution in [1.29, 1.82) is 0 Å². The molecule has 2 N–H and O–H groups in total. The average molecular weight is 472 g/mol. The molecule has 8 nitrogen and oxygen atoms in total. The van der Waals surface area contributed by atoms with Crippen molar-refractivity contribution in [3.63, 3.8) is 0 Å². The zero-order chi connectivity index (χ0) is 24.5. The van der Waals surface area contributed by atoms with Gasteiger partial charge in [0.25, 0.3) is 0 Å². The number of carbonyl (C=O) groups excluding carboxylic acids is 2. The molecule has 1 unspecified atom stereocenters. The van der Waals surface area contributed by atoms with Crippen LogP contribution in [0.5, 0.6) is 5.75 Å². The second-order valence-corrected chi connectivity index (χ2v) is 8.50. The van der Waals surface area contributed by atoms with Crippen molar-refractivity contribution in [2.45, 2.75) is 32.2 Å². The van der Waals surface area contributed by atoms with Crippen molar-refractivity contribution in [2.75, 3.05) is 12.4 Å². The fourth-order valence-electron chi connectivity index (χ4n) is 4.42. The van der Waals surface area contributed by atoms with E-state index in [9.17, 15) is 14.4 Å². The summed E-state index contributed by atoms with van der Waals surface area (Å²) in [6, 6.07) is 15.6. The van der Waals surface area contributed by atoms with Crippen LogP contribution in [0.4, 0.5) is 5.69 Å². The van der Waals surface area contributed by atoms with Gasteiger partial charge in [-0.15, -0.1) is 0 Å². The van der Waals surface area contributed by atoms with Crippen molar-refractivity contribution in [3.05, 3.63) is 81.9 Å². The van der Waals surface area contributed by atoms with Crippen LogP contribution in [0.3, 0.4) is 0 Å². The van der Waals surface area contributed by atoms with Gasteiger partial charge >= 0.3 is 5.63 Å². The first-order valence-electron chi connectivity index (χ1n) is 11.3. The molecule has 0 fully saturated rings. The summed E-state index contributed by atoms with van der Waals surface area (Å²) in [5, 5.41) is 5.93. The summed E-state index contributed by atoms with van der Waals surface area (Å²) in [5.74, 6) is 0.802. The predicted molar refractivity (Wildman–Crippen MR) is 131 cm³/mol. The van der Waals surface area contributed by atoms with Crippen LogP contribution in [-0.4, -0.2) is 25.0 Å². The molecule has 2 amide bonds. The summed E-state index contributed by atoms with van der Waals surface area (Å²) in [6.45, 7) is 1.66. The Bertz CT molecular complexity index is 1480. The number of furan rings is 1. The standard InChI is InChI=1S/C27H24N2O6/c1-15-13-22-24(27(32)34-15)19(25(35-22)17-7-10-18(33-2)11-8-17)14-23(30)28-21-12-9-16-5-3-4-6-20(16)29-26(21)31/h3-8,10-11,13,21H,9,12,14H2,1-2H3,(H,28,30)(H,29,31). The van der Waals surface area contributed by atoms with E-state index >= 15 is 0 Å². The third-order valence-corrected chi connectivity index (χ3v) is 6.15. The van der Waals surface area contributed by atoms with E-state index in [2.05, 4.69) is 10.6 Å². The number of aryl methyl sites for hydroxylation is 2. The highest BCUT2D eigenvalue weighted by Gasteiger charge is 2.27. The highest BCUT2D eigenvalue weighted by Crippen LogP contribution is 2.34. The molecule has 0 bridgehead atoms. The van der Waals surface area contributed by atoms with Gasteiger partial charge in [-0.2, -0.15) is 0 Å². The van der Waals surface area contributed by atoms with E-state index in [4.69, 9.17) is 13.6 Å². The lowest BCUT2D eigenvalue weighted by atomic mass is 10.0. The van der Waals surface area contributed by atoms with Gasteiger partial charge < -0.3 is 24.2 Å². The van der Waals surface area contributed by atoms with E-state index in [-0.39, 0.29) is 17.7 Å². The Kier molecular flexibility index (Phi) is 5.86. The number of rotatable bonds is 5. The summed E-state index contributed by atoms with van der Waals surface area (Å²) in [7, 11) is 1.57. The number of amides is 2. The summed E-state index contributed by atoms with van der Waals surface area (Å²) in [5.41, 5.74) is 2.64. The normalized spacial score (nSPS) is 15.3. The van der Waals surface area contributed by atoms with Gasteiger partial charge in [0.05, 0.1) is 13.5 Å². The van der Waals surface area contributed by atoms with Crippen LogP contribution >= 0.6 is 0 Å². The maximum absolute atomic E-state index is 13.1. The van der Waals surface area contributed by atoms with E-state index in [0.29, 0.717) is 46.8 Å². The van der Waals surface area contributed by atoms with Crippen LogP contribution in [0, 0.1) is 6.92 Å². The van der Waals surface area contributed by atoms with Crippen LogP contribution in [0.2, 0.25) is 0 Å².